The highest BCUT2D eigenvalue weighted by atomic mass is 35.5. The molecule has 1 unspecified atom stereocenters. The minimum absolute atomic E-state index is 0.188. The number of hydrogen-bond donors (Lipinski definition) is 2. The molecule has 2 nitrogen and oxygen atoms in total. The molecule has 16 heavy (non-hydrogen) atoms. The molecule has 1 saturated carbocycles. The zero-order valence-electron chi connectivity index (χ0n) is 9.67. The molecule has 0 radical (unpaired) electrons. The molecule has 0 amide bonds. The van der Waals surface area contributed by atoms with Gasteiger partial charge < -0.3 is 0 Å². The minimum atomic E-state index is 0.188. The lowest BCUT2D eigenvalue weighted by molar-refractivity contribution is 0.482. The largest absolute Gasteiger partial charge is 0.271 e. The first-order valence-electron chi connectivity index (χ1n) is 5.93. The minimum Gasteiger partial charge on any atom is -0.271 e. The maximum atomic E-state index is 6.30. The summed E-state index contributed by atoms with van der Waals surface area (Å²) in [5.41, 5.74) is 5.13. The molecule has 2 rings (SSSR count). The topological polar surface area (TPSA) is 38.0 Å². The van der Waals surface area contributed by atoms with Gasteiger partial charge >= 0.3 is 0 Å². The molecular weight excluding hydrogens is 220 g/mol. The third-order valence-corrected chi connectivity index (χ3v) is 3.88. The van der Waals surface area contributed by atoms with Crippen molar-refractivity contribution < 1.29 is 0 Å². The van der Waals surface area contributed by atoms with Crippen molar-refractivity contribution in [2.24, 2.45) is 11.8 Å². The lowest BCUT2D eigenvalue weighted by Gasteiger charge is -2.18. The summed E-state index contributed by atoms with van der Waals surface area (Å²) < 4.78 is 0. The summed E-state index contributed by atoms with van der Waals surface area (Å²) in [5.74, 6) is 6.55. The van der Waals surface area contributed by atoms with Gasteiger partial charge in [0.25, 0.3) is 0 Å². The second-order valence-corrected chi connectivity index (χ2v) is 5.10. The molecule has 0 aromatic heterocycles. The zero-order valence-corrected chi connectivity index (χ0v) is 10.4. The van der Waals surface area contributed by atoms with Crippen molar-refractivity contribution in [2.75, 3.05) is 0 Å². The second-order valence-electron chi connectivity index (χ2n) is 4.72. The van der Waals surface area contributed by atoms with Crippen molar-refractivity contribution in [3.8, 4) is 0 Å². The predicted octanol–water partition coefficient (Wildman–Crippen LogP) is 3.34. The molecule has 1 atom stereocenters. The van der Waals surface area contributed by atoms with Gasteiger partial charge in [-0.3, -0.25) is 11.3 Å². The van der Waals surface area contributed by atoms with Crippen molar-refractivity contribution in [3.05, 3.63) is 34.3 Å². The normalized spacial score (nSPS) is 17.4. The van der Waals surface area contributed by atoms with Crippen LogP contribution in [-0.2, 0) is 0 Å². The van der Waals surface area contributed by atoms with Crippen molar-refractivity contribution in [1.29, 1.82) is 0 Å². The number of hydrogen-bond acceptors (Lipinski definition) is 2. The number of halogens is 1. The van der Waals surface area contributed by atoms with E-state index in [-0.39, 0.29) is 6.04 Å². The van der Waals surface area contributed by atoms with Crippen molar-refractivity contribution in [2.45, 2.75) is 38.6 Å². The van der Waals surface area contributed by atoms with Gasteiger partial charge in [0.1, 0.15) is 0 Å². The van der Waals surface area contributed by atoms with Gasteiger partial charge in [-0.25, -0.2) is 0 Å². The molecule has 0 bridgehead atoms. The van der Waals surface area contributed by atoms with Gasteiger partial charge in [0, 0.05) is 11.1 Å². The number of benzene rings is 1. The fourth-order valence-electron chi connectivity index (χ4n) is 2.08. The van der Waals surface area contributed by atoms with E-state index in [1.54, 1.807) is 0 Å². The van der Waals surface area contributed by atoms with Gasteiger partial charge in [-0.1, -0.05) is 42.6 Å². The summed E-state index contributed by atoms with van der Waals surface area (Å²) in [6.07, 6.45) is 5.10. The molecule has 0 heterocycles. The summed E-state index contributed by atoms with van der Waals surface area (Å²) in [6, 6.07) is 6.32. The Morgan fingerprint density at radius 1 is 1.50 bits per heavy atom. The van der Waals surface area contributed by atoms with Crippen LogP contribution in [0.3, 0.4) is 0 Å². The third-order valence-electron chi connectivity index (χ3n) is 3.36. The van der Waals surface area contributed by atoms with Crippen molar-refractivity contribution >= 4 is 11.6 Å². The monoisotopic (exact) mass is 238 g/mol. The Balaban J connectivity index is 2.08. The highest BCUT2D eigenvalue weighted by molar-refractivity contribution is 6.32. The maximum absolute atomic E-state index is 6.30. The molecule has 0 saturated heterocycles. The van der Waals surface area contributed by atoms with Gasteiger partial charge in [0.2, 0.25) is 0 Å². The first-order chi connectivity index (χ1) is 7.72. The molecular formula is C13H19ClN2. The lowest BCUT2D eigenvalue weighted by atomic mass is 9.99. The Morgan fingerprint density at radius 3 is 2.88 bits per heavy atom. The van der Waals surface area contributed by atoms with Crippen LogP contribution >= 0.6 is 11.6 Å². The third kappa shape index (κ3) is 2.76. The van der Waals surface area contributed by atoms with Gasteiger partial charge in [-0.05, 0) is 36.8 Å². The average Bonchev–Trinajstić information content (AvgIpc) is 3.08. The number of hydrazine groups is 1. The molecule has 1 aromatic rings. The van der Waals surface area contributed by atoms with Gasteiger partial charge in [-0.2, -0.15) is 0 Å². The van der Waals surface area contributed by atoms with E-state index < -0.39 is 0 Å². The first-order valence-corrected chi connectivity index (χ1v) is 6.31. The smallest absolute Gasteiger partial charge is 0.0483 e. The SMILES string of the molecule is Cc1cccc(C(CCC2CC2)NN)c1Cl. The number of nitrogens with two attached hydrogens (primary N) is 1. The Labute approximate surface area is 102 Å². The van der Waals surface area contributed by atoms with E-state index >= 15 is 0 Å². The molecule has 1 aliphatic rings. The van der Waals surface area contributed by atoms with Gasteiger partial charge in [0.05, 0.1) is 0 Å². The van der Waals surface area contributed by atoms with Gasteiger partial charge in [0.15, 0.2) is 0 Å². The number of aryl methyl sites for hydroxylation is 1. The molecule has 88 valence electrons. The Bertz CT molecular complexity index is 361. The fourth-order valence-corrected chi connectivity index (χ4v) is 2.33. The summed E-state index contributed by atoms with van der Waals surface area (Å²) in [5, 5.41) is 0.848. The maximum Gasteiger partial charge on any atom is 0.0483 e. The summed E-state index contributed by atoms with van der Waals surface area (Å²) in [7, 11) is 0. The van der Waals surface area contributed by atoms with Crippen LogP contribution in [0.2, 0.25) is 5.02 Å². The molecule has 3 heteroatoms. The average molecular weight is 239 g/mol. The predicted molar refractivity (Wildman–Crippen MR) is 68.2 cm³/mol. The van der Waals surface area contributed by atoms with E-state index in [1.165, 1.54) is 19.3 Å². The second kappa shape index (κ2) is 5.17. The zero-order chi connectivity index (χ0) is 11.5. The number of nitrogens with one attached hydrogen (secondary N) is 1. The highest BCUT2D eigenvalue weighted by Gasteiger charge is 2.23. The number of rotatable bonds is 5. The standard InChI is InChI=1S/C13H19ClN2/c1-9-3-2-4-11(13(9)14)12(16-15)8-7-10-5-6-10/h2-4,10,12,16H,5-8,15H2,1H3. The molecule has 1 aliphatic carbocycles. The lowest BCUT2D eigenvalue weighted by Crippen LogP contribution is -2.28. The molecule has 3 N–H and O–H groups in total. The van der Waals surface area contributed by atoms with E-state index in [1.807, 2.05) is 19.1 Å². The Kier molecular flexibility index (Phi) is 3.85. The van der Waals surface area contributed by atoms with E-state index in [2.05, 4.69) is 11.5 Å². The van der Waals surface area contributed by atoms with Crippen LogP contribution in [0.25, 0.3) is 0 Å². The van der Waals surface area contributed by atoms with Crippen LogP contribution < -0.4 is 11.3 Å². The van der Waals surface area contributed by atoms with E-state index in [0.717, 1.165) is 28.5 Å². The molecule has 1 fully saturated rings. The Morgan fingerprint density at radius 2 is 2.25 bits per heavy atom. The van der Waals surface area contributed by atoms with E-state index in [0.29, 0.717) is 0 Å². The molecule has 1 aromatic carbocycles. The van der Waals surface area contributed by atoms with Crippen LogP contribution in [0, 0.1) is 12.8 Å². The summed E-state index contributed by atoms with van der Waals surface area (Å²) in [6.45, 7) is 2.03. The van der Waals surface area contributed by atoms with Crippen LogP contribution in [0.4, 0.5) is 0 Å². The van der Waals surface area contributed by atoms with Crippen LogP contribution in [0.5, 0.6) is 0 Å². The summed E-state index contributed by atoms with van der Waals surface area (Å²) in [4.78, 5) is 0. The van der Waals surface area contributed by atoms with Crippen LogP contribution in [0.15, 0.2) is 18.2 Å². The van der Waals surface area contributed by atoms with E-state index in [9.17, 15) is 0 Å². The summed E-state index contributed by atoms with van der Waals surface area (Å²) >= 11 is 6.30. The van der Waals surface area contributed by atoms with Crippen LogP contribution in [0.1, 0.15) is 42.9 Å². The van der Waals surface area contributed by atoms with Crippen LogP contribution in [-0.4, -0.2) is 0 Å². The van der Waals surface area contributed by atoms with E-state index in [4.69, 9.17) is 17.4 Å². The first kappa shape index (κ1) is 11.9. The highest BCUT2D eigenvalue weighted by Crippen LogP contribution is 2.37. The fraction of sp³-hybridized carbons (Fsp3) is 0.538. The van der Waals surface area contributed by atoms with Gasteiger partial charge in [-0.15, -0.1) is 0 Å². The molecule has 0 spiro atoms. The molecule has 0 aliphatic heterocycles. The Hall–Kier alpha value is -0.570. The van der Waals surface area contributed by atoms with Crippen molar-refractivity contribution in [3.63, 3.8) is 0 Å². The van der Waals surface area contributed by atoms with Crippen molar-refractivity contribution in [1.82, 2.24) is 5.43 Å². The quantitative estimate of drug-likeness (QED) is 0.610.